The average molecular weight is 555 g/mol. The summed E-state index contributed by atoms with van der Waals surface area (Å²) in [7, 11) is 0. The van der Waals surface area contributed by atoms with Gasteiger partial charge in [0.25, 0.3) is 0 Å². The van der Waals surface area contributed by atoms with Crippen LogP contribution < -0.4 is 10.6 Å². The third kappa shape index (κ3) is 7.00. The van der Waals surface area contributed by atoms with Crippen LogP contribution >= 0.6 is 0 Å². The van der Waals surface area contributed by atoms with Crippen LogP contribution in [-0.4, -0.2) is 50.8 Å². The van der Waals surface area contributed by atoms with Gasteiger partial charge in [-0.1, -0.05) is 91.0 Å². The Bertz CT molecular complexity index is 1370. The minimum Gasteiger partial charge on any atom is -0.480 e. The lowest BCUT2D eigenvalue weighted by atomic mass is 9.77. The van der Waals surface area contributed by atoms with Gasteiger partial charge in [0.2, 0.25) is 5.91 Å². The molecule has 3 N–H and O–H groups in total. The third-order valence-corrected chi connectivity index (χ3v) is 6.43. The van der Waals surface area contributed by atoms with Gasteiger partial charge in [0.1, 0.15) is 23.7 Å². The first kappa shape index (κ1) is 29.1. The van der Waals surface area contributed by atoms with Crippen molar-refractivity contribution in [2.45, 2.75) is 44.4 Å². The monoisotopic (exact) mass is 554 g/mol. The highest BCUT2D eigenvalue weighted by molar-refractivity contribution is 5.88. The van der Waals surface area contributed by atoms with E-state index < -0.39 is 41.7 Å². The Labute approximate surface area is 239 Å². The van der Waals surface area contributed by atoms with Crippen molar-refractivity contribution in [2.24, 2.45) is 0 Å². The molecule has 1 atom stereocenters. The molecule has 2 amide bonds. The highest BCUT2D eigenvalue weighted by atomic mass is 16.6. The first-order chi connectivity index (χ1) is 19.6. The fourth-order valence-electron chi connectivity index (χ4n) is 4.79. The molecule has 0 aliphatic carbocycles. The maximum Gasteiger partial charge on any atom is 0.408 e. The van der Waals surface area contributed by atoms with E-state index in [-0.39, 0.29) is 6.42 Å². The van der Waals surface area contributed by atoms with Gasteiger partial charge in [0, 0.05) is 12.6 Å². The second-order valence-electron chi connectivity index (χ2n) is 10.6. The summed E-state index contributed by atoms with van der Waals surface area (Å²) >= 11 is 0. The number of alkyl carbamates (subject to hydrolysis) is 1. The predicted octanol–water partition coefficient (Wildman–Crippen LogP) is 4.36. The molecule has 1 aromatic heterocycles. The summed E-state index contributed by atoms with van der Waals surface area (Å²) in [5.41, 5.74) is 1.95. The molecule has 0 unspecified atom stereocenters. The topological polar surface area (TPSA) is 123 Å². The normalized spacial score (nSPS) is 12.3. The number of imidazole rings is 1. The molecular weight excluding hydrogens is 520 g/mol. The van der Waals surface area contributed by atoms with Gasteiger partial charge in [-0.05, 0) is 37.5 Å². The zero-order valence-corrected chi connectivity index (χ0v) is 23.3. The van der Waals surface area contributed by atoms with Gasteiger partial charge in [-0.25, -0.2) is 9.78 Å². The van der Waals surface area contributed by atoms with Crippen molar-refractivity contribution in [1.82, 2.24) is 20.2 Å². The van der Waals surface area contributed by atoms with Crippen LogP contribution in [0.2, 0.25) is 0 Å². The van der Waals surface area contributed by atoms with Gasteiger partial charge < -0.3 is 25.0 Å². The standard InChI is InChI=1S/C32H34N4O5/c1-31(2,3)41-30(40)35-27(29(39)33-20-28(37)38)19-26-21-36(22-34-26)32(23-13-7-4-8-14-23,24-15-9-5-10-16-24)25-17-11-6-12-18-25/h4-18,21-22,27H,19-20H2,1-3H3,(H,33,39)(H,35,40)(H,37,38)/t27-/m1/s1. The fourth-order valence-corrected chi connectivity index (χ4v) is 4.79. The molecule has 0 aliphatic rings. The molecule has 0 spiro atoms. The molecule has 212 valence electrons. The van der Waals surface area contributed by atoms with Crippen LogP contribution in [0.3, 0.4) is 0 Å². The summed E-state index contributed by atoms with van der Waals surface area (Å²) in [6, 6.07) is 29.1. The zero-order valence-electron chi connectivity index (χ0n) is 23.3. The Balaban J connectivity index is 1.77. The van der Waals surface area contributed by atoms with E-state index in [1.165, 1.54) is 0 Å². The van der Waals surface area contributed by atoms with E-state index in [0.29, 0.717) is 5.69 Å². The Hall–Kier alpha value is -4.92. The number of rotatable bonds is 10. The van der Waals surface area contributed by atoms with Gasteiger partial charge in [-0.15, -0.1) is 0 Å². The molecule has 0 bridgehead atoms. The molecule has 0 radical (unpaired) electrons. The summed E-state index contributed by atoms with van der Waals surface area (Å²) in [5, 5.41) is 14.0. The second kappa shape index (κ2) is 12.5. The largest absolute Gasteiger partial charge is 0.480 e. The number of benzene rings is 3. The van der Waals surface area contributed by atoms with E-state index in [1.54, 1.807) is 27.1 Å². The minimum atomic E-state index is -1.20. The lowest BCUT2D eigenvalue weighted by Gasteiger charge is -2.37. The Kier molecular flexibility index (Phi) is 8.87. The van der Waals surface area contributed by atoms with E-state index in [0.717, 1.165) is 16.7 Å². The number of aromatic nitrogens is 2. The van der Waals surface area contributed by atoms with E-state index in [2.05, 4.69) is 52.0 Å². The molecule has 0 fully saturated rings. The predicted molar refractivity (Wildman–Crippen MR) is 154 cm³/mol. The number of nitrogens with one attached hydrogen (secondary N) is 2. The quantitative estimate of drug-likeness (QED) is 0.251. The molecular formula is C32H34N4O5. The van der Waals surface area contributed by atoms with Gasteiger partial charge in [0.15, 0.2) is 0 Å². The number of carboxylic acid groups (broad SMARTS) is 1. The maximum absolute atomic E-state index is 12.9. The summed E-state index contributed by atoms with van der Waals surface area (Å²) in [4.78, 5) is 41.2. The highest BCUT2D eigenvalue weighted by Crippen LogP contribution is 2.40. The van der Waals surface area contributed by atoms with Crippen LogP contribution in [0.4, 0.5) is 4.79 Å². The summed E-state index contributed by atoms with van der Waals surface area (Å²) in [5.74, 6) is -1.86. The number of hydrogen-bond acceptors (Lipinski definition) is 5. The fraction of sp³-hybridized carbons (Fsp3) is 0.250. The minimum absolute atomic E-state index is 0.00610. The van der Waals surface area contributed by atoms with Crippen LogP contribution in [0.5, 0.6) is 0 Å². The average Bonchev–Trinajstić information content (AvgIpc) is 3.41. The molecule has 41 heavy (non-hydrogen) atoms. The van der Waals surface area contributed by atoms with Crippen molar-refractivity contribution in [3.05, 3.63) is 126 Å². The number of nitrogens with zero attached hydrogens (tertiary/aromatic N) is 2. The Morgan fingerprint density at radius 2 is 1.34 bits per heavy atom. The number of carbonyl (C=O) groups excluding carboxylic acids is 2. The number of ether oxygens (including phenoxy) is 1. The lowest BCUT2D eigenvalue weighted by Crippen LogP contribution is -2.50. The van der Waals surface area contributed by atoms with Crippen LogP contribution in [0.15, 0.2) is 104 Å². The van der Waals surface area contributed by atoms with Crippen molar-refractivity contribution in [2.75, 3.05) is 6.54 Å². The summed E-state index contributed by atoms with van der Waals surface area (Å²) in [6.45, 7) is 4.55. The van der Waals surface area contributed by atoms with Crippen molar-refractivity contribution in [3.63, 3.8) is 0 Å². The summed E-state index contributed by atoms with van der Waals surface area (Å²) < 4.78 is 7.34. The molecule has 4 aromatic rings. The SMILES string of the molecule is CC(C)(C)OC(=O)N[C@H](Cc1cn(C(c2ccccc2)(c2ccccc2)c2ccccc2)cn1)C(=O)NCC(=O)O. The molecule has 3 aromatic carbocycles. The zero-order chi connectivity index (χ0) is 29.5. The van der Waals surface area contributed by atoms with Crippen molar-refractivity contribution in [1.29, 1.82) is 0 Å². The number of amides is 2. The first-order valence-corrected chi connectivity index (χ1v) is 13.3. The van der Waals surface area contributed by atoms with Crippen molar-refractivity contribution >= 4 is 18.0 Å². The van der Waals surface area contributed by atoms with Crippen LogP contribution in [0, 0.1) is 0 Å². The molecule has 1 heterocycles. The Morgan fingerprint density at radius 3 is 1.78 bits per heavy atom. The molecule has 9 nitrogen and oxygen atoms in total. The van der Waals surface area contributed by atoms with Crippen molar-refractivity contribution < 1.29 is 24.2 Å². The number of carboxylic acids is 1. The van der Waals surface area contributed by atoms with Gasteiger partial charge >= 0.3 is 12.1 Å². The molecule has 9 heteroatoms. The highest BCUT2D eigenvalue weighted by Gasteiger charge is 2.38. The summed E-state index contributed by atoms with van der Waals surface area (Å²) in [6.07, 6.45) is 2.77. The Morgan fingerprint density at radius 1 is 0.854 bits per heavy atom. The van der Waals surface area contributed by atoms with Gasteiger partial charge in [0.05, 0.1) is 12.0 Å². The number of aliphatic carboxylic acids is 1. The first-order valence-electron chi connectivity index (χ1n) is 13.3. The van der Waals surface area contributed by atoms with Crippen LogP contribution in [0.1, 0.15) is 43.2 Å². The lowest BCUT2D eigenvalue weighted by molar-refractivity contribution is -0.138. The maximum atomic E-state index is 12.9. The van der Waals surface area contributed by atoms with E-state index in [4.69, 9.17) is 9.84 Å². The van der Waals surface area contributed by atoms with Crippen LogP contribution in [-0.2, 0) is 26.3 Å². The van der Waals surface area contributed by atoms with Crippen molar-refractivity contribution in [3.8, 4) is 0 Å². The molecule has 0 saturated carbocycles. The number of hydrogen-bond donors (Lipinski definition) is 3. The van der Waals surface area contributed by atoms with E-state index >= 15 is 0 Å². The molecule has 0 saturated heterocycles. The van der Waals surface area contributed by atoms with E-state index in [1.807, 2.05) is 65.4 Å². The smallest absolute Gasteiger partial charge is 0.408 e. The van der Waals surface area contributed by atoms with Gasteiger partial charge in [-0.2, -0.15) is 0 Å². The number of carbonyl (C=O) groups is 3. The third-order valence-electron chi connectivity index (χ3n) is 6.43. The van der Waals surface area contributed by atoms with E-state index in [9.17, 15) is 14.4 Å². The molecule has 0 aliphatic heterocycles. The van der Waals surface area contributed by atoms with Crippen LogP contribution in [0.25, 0.3) is 0 Å². The molecule has 4 rings (SSSR count). The van der Waals surface area contributed by atoms with Gasteiger partial charge in [-0.3, -0.25) is 9.59 Å². The second-order valence-corrected chi connectivity index (χ2v) is 10.6.